The SMILES string of the molecule is C[C@H]1OCc2cccc(F)c2[C@@H]1N.Cl. The summed E-state index contributed by atoms with van der Waals surface area (Å²) in [5.74, 6) is -0.222. The van der Waals surface area contributed by atoms with Crippen LogP contribution in [0.5, 0.6) is 0 Å². The van der Waals surface area contributed by atoms with Gasteiger partial charge in [0.05, 0.1) is 18.8 Å². The first-order chi connectivity index (χ1) is 6.20. The molecule has 0 saturated carbocycles. The maximum absolute atomic E-state index is 13.4. The fraction of sp³-hybridized carbons (Fsp3) is 0.400. The van der Waals surface area contributed by atoms with Gasteiger partial charge in [0, 0.05) is 5.56 Å². The van der Waals surface area contributed by atoms with E-state index in [-0.39, 0.29) is 30.4 Å². The van der Waals surface area contributed by atoms with Gasteiger partial charge in [-0.05, 0) is 18.6 Å². The van der Waals surface area contributed by atoms with Crippen molar-refractivity contribution in [1.29, 1.82) is 0 Å². The quantitative estimate of drug-likeness (QED) is 0.723. The summed E-state index contributed by atoms with van der Waals surface area (Å²) < 4.78 is 18.7. The Kier molecular flexibility index (Phi) is 3.48. The van der Waals surface area contributed by atoms with Crippen LogP contribution in [0.25, 0.3) is 0 Å². The third-order valence-electron chi connectivity index (χ3n) is 2.48. The Morgan fingerprint density at radius 2 is 2.21 bits per heavy atom. The molecule has 4 heteroatoms. The highest BCUT2D eigenvalue weighted by molar-refractivity contribution is 5.85. The Hall–Kier alpha value is -0.640. The molecule has 2 nitrogen and oxygen atoms in total. The zero-order chi connectivity index (χ0) is 9.42. The van der Waals surface area contributed by atoms with Crippen LogP contribution in [0.2, 0.25) is 0 Å². The number of hydrogen-bond acceptors (Lipinski definition) is 2. The average molecular weight is 218 g/mol. The lowest BCUT2D eigenvalue weighted by Gasteiger charge is -2.28. The molecule has 78 valence electrons. The molecule has 0 bridgehead atoms. The minimum absolute atomic E-state index is 0. The molecule has 1 aliphatic rings. The predicted octanol–water partition coefficient (Wildman–Crippen LogP) is 2.17. The van der Waals surface area contributed by atoms with Crippen molar-refractivity contribution in [2.45, 2.75) is 25.7 Å². The summed E-state index contributed by atoms with van der Waals surface area (Å²) in [6.07, 6.45) is -0.107. The smallest absolute Gasteiger partial charge is 0.128 e. The fourth-order valence-corrected chi connectivity index (χ4v) is 1.64. The Bertz CT molecular complexity index is 332. The standard InChI is InChI=1S/C10H12FNO.ClH/c1-6-10(12)9-7(5-13-6)3-2-4-8(9)11;/h2-4,6,10H,5,12H2,1H3;1H/t6-,10-;/m1./s1. The Labute approximate surface area is 88.7 Å². The second kappa shape index (κ2) is 4.26. The van der Waals surface area contributed by atoms with E-state index in [2.05, 4.69) is 0 Å². The van der Waals surface area contributed by atoms with Gasteiger partial charge in [0.25, 0.3) is 0 Å². The van der Waals surface area contributed by atoms with E-state index >= 15 is 0 Å². The highest BCUT2D eigenvalue weighted by Crippen LogP contribution is 2.29. The molecule has 2 atom stereocenters. The maximum atomic E-state index is 13.4. The number of nitrogens with two attached hydrogens (primary N) is 1. The lowest BCUT2D eigenvalue weighted by atomic mass is 9.95. The number of fused-ring (bicyclic) bond motifs is 1. The van der Waals surface area contributed by atoms with Crippen molar-refractivity contribution < 1.29 is 9.13 Å². The van der Waals surface area contributed by atoms with E-state index < -0.39 is 0 Å². The molecule has 0 fully saturated rings. The summed E-state index contributed by atoms with van der Waals surface area (Å²) in [5, 5.41) is 0. The van der Waals surface area contributed by atoms with Crippen molar-refractivity contribution >= 4 is 12.4 Å². The molecule has 1 heterocycles. The number of halogens is 2. The van der Waals surface area contributed by atoms with Gasteiger partial charge in [-0.3, -0.25) is 0 Å². The van der Waals surface area contributed by atoms with Gasteiger partial charge in [0.15, 0.2) is 0 Å². The normalized spacial score (nSPS) is 25.1. The molecule has 1 aliphatic heterocycles. The zero-order valence-electron chi connectivity index (χ0n) is 7.87. The molecule has 14 heavy (non-hydrogen) atoms. The lowest BCUT2D eigenvalue weighted by molar-refractivity contribution is 0.0199. The summed E-state index contributed by atoms with van der Waals surface area (Å²) in [5.41, 5.74) is 7.30. The third-order valence-corrected chi connectivity index (χ3v) is 2.48. The van der Waals surface area contributed by atoms with Crippen molar-refractivity contribution in [3.63, 3.8) is 0 Å². The summed E-state index contributed by atoms with van der Waals surface area (Å²) in [7, 11) is 0. The predicted molar refractivity (Wildman–Crippen MR) is 54.8 cm³/mol. The molecular formula is C10H13ClFNO. The van der Waals surface area contributed by atoms with Gasteiger partial charge in [-0.25, -0.2) is 4.39 Å². The number of benzene rings is 1. The van der Waals surface area contributed by atoms with Gasteiger partial charge in [-0.15, -0.1) is 12.4 Å². The molecule has 1 aromatic carbocycles. The molecule has 0 spiro atoms. The molecule has 0 saturated heterocycles. The fourth-order valence-electron chi connectivity index (χ4n) is 1.64. The van der Waals surface area contributed by atoms with Gasteiger partial charge < -0.3 is 10.5 Å². The minimum Gasteiger partial charge on any atom is -0.372 e. The highest BCUT2D eigenvalue weighted by Gasteiger charge is 2.26. The molecule has 2 rings (SSSR count). The maximum Gasteiger partial charge on any atom is 0.128 e. The second-order valence-corrected chi connectivity index (χ2v) is 3.35. The van der Waals surface area contributed by atoms with E-state index in [1.807, 2.05) is 13.0 Å². The van der Waals surface area contributed by atoms with Gasteiger partial charge >= 0.3 is 0 Å². The van der Waals surface area contributed by atoms with Crippen LogP contribution in [0, 0.1) is 5.82 Å². The average Bonchev–Trinajstić information content (AvgIpc) is 2.12. The lowest BCUT2D eigenvalue weighted by Crippen LogP contribution is -2.32. The van der Waals surface area contributed by atoms with Crippen molar-refractivity contribution in [2.75, 3.05) is 0 Å². The van der Waals surface area contributed by atoms with Crippen molar-refractivity contribution in [3.05, 3.63) is 35.1 Å². The van der Waals surface area contributed by atoms with Gasteiger partial charge in [-0.1, -0.05) is 12.1 Å². The number of hydrogen-bond donors (Lipinski definition) is 1. The molecule has 0 radical (unpaired) electrons. The van der Waals surface area contributed by atoms with Crippen LogP contribution in [-0.2, 0) is 11.3 Å². The second-order valence-electron chi connectivity index (χ2n) is 3.35. The van der Waals surface area contributed by atoms with E-state index in [0.29, 0.717) is 12.2 Å². The molecule has 0 aliphatic carbocycles. The van der Waals surface area contributed by atoms with Crippen LogP contribution in [0.1, 0.15) is 24.1 Å². The largest absolute Gasteiger partial charge is 0.372 e. The van der Waals surface area contributed by atoms with E-state index in [4.69, 9.17) is 10.5 Å². The van der Waals surface area contributed by atoms with E-state index in [9.17, 15) is 4.39 Å². The van der Waals surface area contributed by atoms with Crippen LogP contribution >= 0.6 is 12.4 Å². The molecular weight excluding hydrogens is 205 g/mol. The topological polar surface area (TPSA) is 35.2 Å². The molecule has 1 aromatic rings. The van der Waals surface area contributed by atoms with Gasteiger partial charge in [0.2, 0.25) is 0 Å². The van der Waals surface area contributed by atoms with E-state index in [1.54, 1.807) is 6.07 Å². The summed E-state index contributed by atoms with van der Waals surface area (Å²) >= 11 is 0. The zero-order valence-corrected chi connectivity index (χ0v) is 8.68. The summed E-state index contributed by atoms with van der Waals surface area (Å²) in [6.45, 7) is 2.32. The molecule has 2 N–H and O–H groups in total. The molecule has 0 amide bonds. The minimum atomic E-state index is -0.343. The van der Waals surface area contributed by atoms with Crippen LogP contribution < -0.4 is 5.73 Å². The first-order valence-electron chi connectivity index (χ1n) is 4.34. The monoisotopic (exact) mass is 217 g/mol. The molecule has 0 aromatic heterocycles. The van der Waals surface area contributed by atoms with Crippen LogP contribution in [0.15, 0.2) is 18.2 Å². The summed E-state index contributed by atoms with van der Waals surface area (Å²) in [4.78, 5) is 0. The van der Waals surface area contributed by atoms with Crippen molar-refractivity contribution in [3.8, 4) is 0 Å². The molecule has 0 unspecified atom stereocenters. The Balaban J connectivity index is 0.000000980. The van der Waals surface area contributed by atoms with Crippen molar-refractivity contribution in [2.24, 2.45) is 5.73 Å². The van der Waals surface area contributed by atoms with Crippen LogP contribution in [0.3, 0.4) is 0 Å². The first-order valence-corrected chi connectivity index (χ1v) is 4.34. The highest BCUT2D eigenvalue weighted by atomic mass is 35.5. The van der Waals surface area contributed by atoms with Gasteiger partial charge in [0.1, 0.15) is 5.82 Å². The third kappa shape index (κ3) is 1.75. The van der Waals surface area contributed by atoms with Crippen LogP contribution in [-0.4, -0.2) is 6.10 Å². The Morgan fingerprint density at radius 3 is 2.93 bits per heavy atom. The van der Waals surface area contributed by atoms with E-state index in [1.165, 1.54) is 6.07 Å². The van der Waals surface area contributed by atoms with Crippen LogP contribution in [0.4, 0.5) is 4.39 Å². The summed E-state index contributed by atoms with van der Waals surface area (Å²) in [6, 6.07) is 4.63. The number of rotatable bonds is 0. The van der Waals surface area contributed by atoms with Gasteiger partial charge in [-0.2, -0.15) is 0 Å². The first kappa shape index (κ1) is 11.4. The Morgan fingerprint density at radius 1 is 1.50 bits per heavy atom. The number of ether oxygens (including phenoxy) is 1. The van der Waals surface area contributed by atoms with E-state index in [0.717, 1.165) is 5.56 Å². The van der Waals surface area contributed by atoms with Crippen molar-refractivity contribution in [1.82, 2.24) is 0 Å².